The van der Waals surface area contributed by atoms with Gasteiger partial charge >= 0.3 is 5.69 Å². The van der Waals surface area contributed by atoms with E-state index in [9.17, 15) is 19.3 Å². The summed E-state index contributed by atoms with van der Waals surface area (Å²) in [5.41, 5.74) is -0.295. The number of rotatable bonds is 5. The number of ether oxygens (including phenoxy) is 1. The van der Waals surface area contributed by atoms with Crippen molar-refractivity contribution in [3.63, 3.8) is 0 Å². The van der Waals surface area contributed by atoms with Gasteiger partial charge in [0.15, 0.2) is 5.75 Å². The second-order valence-electron chi connectivity index (χ2n) is 4.68. The maximum atomic E-state index is 13.4. The van der Waals surface area contributed by atoms with Crippen LogP contribution in [-0.4, -0.2) is 17.3 Å². The fourth-order valence-electron chi connectivity index (χ4n) is 2.28. The Labute approximate surface area is 123 Å². The summed E-state index contributed by atoms with van der Waals surface area (Å²) in [7, 11) is 0. The Morgan fingerprint density at radius 1 is 1.50 bits per heavy atom. The molecular formula is C13H13BrFNO4. The predicted octanol–water partition coefficient (Wildman–Crippen LogP) is 3.63. The molecule has 0 N–H and O–H groups in total. The monoisotopic (exact) mass is 345 g/mol. The van der Waals surface area contributed by atoms with Crippen LogP contribution in [0.25, 0.3) is 0 Å². The zero-order valence-corrected chi connectivity index (χ0v) is 12.2. The number of nitrogens with zero attached hydrogens (tertiary/aromatic N) is 1. The summed E-state index contributed by atoms with van der Waals surface area (Å²) in [6, 6.07) is 2.06. The van der Waals surface area contributed by atoms with Gasteiger partial charge in [-0.25, -0.2) is 4.39 Å². The average molecular weight is 346 g/mol. The molecule has 0 aliphatic heterocycles. The Hall–Kier alpha value is -1.50. The van der Waals surface area contributed by atoms with E-state index in [-0.39, 0.29) is 34.2 Å². The summed E-state index contributed by atoms with van der Waals surface area (Å²) in [4.78, 5) is 21.7. The molecule has 108 valence electrons. The summed E-state index contributed by atoms with van der Waals surface area (Å²) >= 11 is 2.90. The highest BCUT2D eigenvalue weighted by Gasteiger charge is 2.25. The van der Waals surface area contributed by atoms with E-state index in [1.807, 2.05) is 0 Å². The number of carbonyl (C=O) groups is 1. The fourth-order valence-corrected chi connectivity index (χ4v) is 2.61. The van der Waals surface area contributed by atoms with Crippen molar-refractivity contribution in [3.05, 3.63) is 32.5 Å². The minimum absolute atomic E-state index is 0.0162. The standard InChI is InChI=1S/C13H13BrFNO4/c14-9-6-11(16(18)19)13(7-10(9)15)20-5-4-8-2-1-3-12(8)17/h6-8H,1-5H2. The molecule has 20 heavy (non-hydrogen) atoms. The second-order valence-corrected chi connectivity index (χ2v) is 5.54. The van der Waals surface area contributed by atoms with Crippen molar-refractivity contribution < 1.29 is 18.8 Å². The molecule has 1 aliphatic rings. The normalized spacial score (nSPS) is 18.3. The molecule has 0 spiro atoms. The number of carbonyl (C=O) groups excluding carboxylic acids is 1. The molecule has 1 unspecified atom stereocenters. The number of hydrogen-bond acceptors (Lipinski definition) is 4. The Balaban J connectivity index is 2.03. The van der Waals surface area contributed by atoms with Gasteiger partial charge in [-0.2, -0.15) is 0 Å². The lowest BCUT2D eigenvalue weighted by Crippen LogP contribution is -2.11. The smallest absolute Gasteiger partial charge is 0.312 e. The van der Waals surface area contributed by atoms with Crippen molar-refractivity contribution >= 4 is 27.4 Å². The highest BCUT2D eigenvalue weighted by atomic mass is 79.9. The average Bonchev–Trinajstić information content (AvgIpc) is 2.79. The topological polar surface area (TPSA) is 69.4 Å². The van der Waals surface area contributed by atoms with E-state index in [0.717, 1.165) is 25.0 Å². The van der Waals surface area contributed by atoms with Crippen LogP contribution < -0.4 is 4.74 Å². The van der Waals surface area contributed by atoms with Crippen LogP contribution >= 0.6 is 15.9 Å². The third-order valence-electron chi connectivity index (χ3n) is 3.35. The Kier molecular flexibility index (Phi) is 4.69. The van der Waals surface area contributed by atoms with Gasteiger partial charge in [0.2, 0.25) is 0 Å². The lowest BCUT2D eigenvalue weighted by atomic mass is 10.0. The first kappa shape index (κ1) is 14.9. The van der Waals surface area contributed by atoms with Gasteiger partial charge in [0.05, 0.1) is 16.0 Å². The van der Waals surface area contributed by atoms with E-state index in [2.05, 4.69) is 15.9 Å². The van der Waals surface area contributed by atoms with Gasteiger partial charge in [-0.05, 0) is 35.2 Å². The lowest BCUT2D eigenvalue weighted by molar-refractivity contribution is -0.386. The van der Waals surface area contributed by atoms with Gasteiger partial charge in [-0.3, -0.25) is 14.9 Å². The summed E-state index contributed by atoms with van der Waals surface area (Å²) in [6.07, 6.45) is 2.82. The van der Waals surface area contributed by atoms with E-state index >= 15 is 0 Å². The van der Waals surface area contributed by atoms with Crippen LogP contribution in [0.1, 0.15) is 25.7 Å². The summed E-state index contributed by atoms with van der Waals surface area (Å²) < 4.78 is 18.7. The van der Waals surface area contributed by atoms with Gasteiger partial charge in [-0.1, -0.05) is 0 Å². The lowest BCUT2D eigenvalue weighted by Gasteiger charge is -2.10. The van der Waals surface area contributed by atoms with E-state index in [0.29, 0.717) is 12.8 Å². The van der Waals surface area contributed by atoms with Crippen LogP contribution in [0.4, 0.5) is 10.1 Å². The minimum atomic E-state index is -0.625. The van der Waals surface area contributed by atoms with Crippen molar-refractivity contribution in [2.45, 2.75) is 25.7 Å². The second kappa shape index (κ2) is 6.30. The summed E-state index contributed by atoms with van der Waals surface area (Å²) in [5, 5.41) is 10.9. The van der Waals surface area contributed by atoms with Gasteiger partial charge in [-0.15, -0.1) is 0 Å². The first-order valence-corrected chi connectivity index (χ1v) is 7.07. The van der Waals surface area contributed by atoms with Gasteiger partial charge in [0.1, 0.15) is 11.6 Å². The third-order valence-corrected chi connectivity index (χ3v) is 3.96. The van der Waals surface area contributed by atoms with Crippen molar-refractivity contribution in [2.24, 2.45) is 5.92 Å². The van der Waals surface area contributed by atoms with Gasteiger partial charge in [0.25, 0.3) is 0 Å². The first-order chi connectivity index (χ1) is 9.49. The molecule has 0 radical (unpaired) electrons. The maximum absolute atomic E-state index is 13.4. The van der Waals surface area contributed by atoms with E-state index in [4.69, 9.17) is 4.74 Å². The van der Waals surface area contributed by atoms with E-state index in [1.54, 1.807) is 0 Å². The predicted molar refractivity (Wildman–Crippen MR) is 73.2 cm³/mol. The number of halogens is 2. The Bertz CT molecular complexity index is 549. The molecule has 2 rings (SSSR count). The zero-order valence-electron chi connectivity index (χ0n) is 10.6. The number of Topliss-reactive ketones (excluding diaryl/α,β-unsaturated/α-hetero) is 1. The molecule has 0 saturated heterocycles. The molecule has 0 aromatic heterocycles. The van der Waals surface area contributed by atoms with Crippen LogP contribution in [0.3, 0.4) is 0 Å². The Morgan fingerprint density at radius 2 is 2.25 bits per heavy atom. The molecule has 1 fully saturated rings. The van der Waals surface area contributed by atoms with Crippen molar-refractivity contribution in [2.75, 3.05) is 6.61 Å². The first-order valence-electron chi connectivity index (χ1n) is 6.28. The van der Waals surface area contributed by atoms with Crippen molar-refractivity contribution in [1.82, 2.24) is 0 Å². The molecule has 1 atom stereocenters. The molecular weight excluding hydrogens is 333 g/mol. The van der Waals surface area contributed by atoms with Crippen molar-refractivity contribution in [3.8, 4) is 5.75 Å². The quantitative estimate of drug-likeness (QED) is 0.603. The van der Waals surface area contributed by atoms with Crippen LogP contribution in [0, 0.1) is 21.8 Å². The Morgan fingerprint density at radius 3 is 2.85 bits per heavy atom. The molecule has 1 aromatic rings. The van der Waals surface area contributed by atoms with Crippen LogP contribution in [-0.2, 0) is 4.79 Å². The SMILES string of the molecule is O=C1CCCC1CCOc1cc(F)c(Br)cc1[N+](=O)[O-]. The zero-order chi connectivity index (χ0) is 14.7. The summed E-state index contributed by atoms with van der Waals surface area (Å²) in [5.74, 6) is -0.553. The molecule has 1 aromatic carbocycles. The molecule has 5 nitrogen and oxygen atoms in total. The molecule has 1 saturated carbocycles. The fraction of sp³-hybridized carbons (Fsp3) is 0.462. The van der Waals surface area contributed by atoms with Gasteiger partial charge in [0, 0.05) is 24.5 Å². The van der Waals surface area contributed by atoms with E-state index < -0.39 is 10.7 Å². The van der Waals surface area contributed by atoms with Crippen LogP contribution in [0.15, 0.2) is 16.6 Å². The molecule has 0 bridgehead atoms. The minimum Gasteiger partial charge on any atom is -0.487 e. The third kappa shape index (κ3) is 3.33. The highest BCUT2D eigenvalue weighted by Crippen LogP contribution is 2.33. The van der Waals surface area contributed by atoms with Crippen LogP contribution in [0.2, 0.25) is 0 Å². The maximum Gasteiger partial charge on any atom is 0.312 e. The summed E-state index contributed by atoms with van der Waals surface area (Å²) in [6.45, 7) is 0.165. The highest BCUT2D eigenvalue weighted by molar-refractivity contribution is 9.10. The number of nitro benzene ring substituents is 1. The number of ketones is 1. The van der Waals surface area contributed by atoms with E-state index in [1.165, 1.54) is 0 Å². The largest absolute Gasteiger partial charge is 0.487 e. The van der Waals surface area contributed by atoms with Crippen LogP contribution in [0.5, 0.6) is 5.75 Å². The number of benzene rings is 1. The number of hydrogen-bond donors (Lipinski definition) is 0. The molecule has 1 aliphatic carbocycles. The van der Waals surface area contributed by atoms with Crippen molar-refractivity contribution in [1.29, 1.82) is 0 Å². The molecule has 0 heterocycles. The molecule has 0 amide bonds. The van der Waals surface area contributed by atoms with Gasteiger partial charge < -0.3 is 4.74 Å². The molecule has 7 heteroatoms. The number of nitro groups is 1.